The van der Waals surface area contributed by atoms with Crippen LogP contribution in [0.4, 0.5) is 4.39 Å². The summed E-state index contributed by atoms with van der Waals surface area (Å²) in [5, 5.41) is -0.412. The van der Waals surface area contributed by atoms with Crippen molar-refractivity contribution in [3.8, 4) is 11.5 Å². The third kappa shape index (κ3) is 3.69. The molecule has 0 aliphatic rings. The van der Waals surface area contributed by atoms with E-state index in [0.717, 1.165) is 21.3 Å². The zero-order chi connectivity index (χ0) is 15.4. The van der Waals surface area contributed by atoms with Crippen LogP contribution in [-0.4, -0.2) is 13.7 Å². The van der Waals surface area contributed by atoms with E-state index in [4.69, 9.17) is 21.1 Å². The zero-order valence-electron chi connectivity index (χ0n) is 11.7. The summed E-state index contributed by atoms with van der Waals surface area (Å²) in [4.78, 5) is 0. The first-order valence-electron chi connectivity index (χ1n) is 6.46. The number of alkyl halides is 1. The molecule has 1 atom stereocenters. The van der Waals surface area contributed by atoms with Gasteiger partial charge in [0.2, 0.25) is 0 Å². The van der Waals surface area contributed by atoms with Gasteiger partial charge in [0, 0.05) is 4.47 Å². The van der Waals surface area contributed by atoms with Crippen molar-refractivity contribution in [1.29, 1.82) is 0 Å². The smallest absolute Gasteiger partial charge is 0.165 e. The van der Waals surface area contributed by atoms with Gasteiger partial charge in [-0.2, -0.15) is 0 Å². The molecule has 0 bridgehead atoms. The van der Waals surface area contributed by atoms with Crippen molar-refractivity contribution in [3.05, 3.63) is 57.8 Å². The lowest BCUT2D eigenvalue weighted by molar-refractivity contribution is 0.340. The summed E-state index contributed by atoms with van der Waals surface area (Å²) in [6, 6.07) is 10.2. The highest BCUT2D eigenvalue weighted by Gasteiger charge is 2.16. The summed E-state index contributed by atoms with van der Waals surface area (Å²) in [6.45, 7) is 2.53. The minimum Gasteiger partial charge on any atom is -0.494 e. The second kappa shape index (κ2) is 7.14. The molecule has 0 N–H and O–H groups in total. The van der Waals surface area contributed by atoms with Gasteiger partial charge < -0.3 is 9.47 Å². The number of ether oxygens (including phenoxy) is 2. The number of methoxy groups -OCH3 is 1. The number of halogens is 3. The van der Waals surface area contributed by atoms with Gasteiger partial charge in [-0.05, 0) is 42.3 Å². The van der Waals surface area contributed by atoms with E-state index in [-0.39, 0.29) is 5.75 Å². The van der Waals surface area contributed by atoms with Crippen LogP contribution in [0.3, 0.4) is 0 Å². The van der Waals surface area contributed by atoms with Crippen molar-refractivity contribution in [2.45, 2.75) is 12.3 Å². The predicted molar refractivity (Wildman–Crippen MR) is 86.0 cm³/mol. The summed E-state index contributed by atoms with van der Waals surface area (Å²) in [5.41, 5.74) is 1.65. The molecule has 0 aliphatic heterocycles. The molecule has 0 aromatic heterocycles. The fourth-order valence-corrected chi connectivity index (χ4v) is 3.03. The van der Waals surface area contributed by atoms with Crippen molar-refractivity contribution in [3.63, 3.8) is 0 Å². The standard InChI is InChI=1S/C16H15BrClFO2/c1-3-21-11-5-6-12(13(17)9-11)16(18)10-4-7-14(19)15(8-10)20-2/h4-9,16H,3H2,1-2H3. The maximum absolute atomic E-state index is 13.5. The number of rotatable bonds is 5. The van der Waals surface area contributed by atoms with Gasteiger partial charge in [0.1, 0.15) is 5.75 Å². The molecule has 0 heterocycles. The topological polar surface area (TPSA) is 18.5 Å². The first kappa shape index (κ1) is 16.1. The summed E-state index contributed by atoms with van der Waals surface area (Å²) in [7, 11) is 1.43. The average Bonchev–Trinajstić information content (AvgIpc) is 2.47. The Hall–Kier alpha value is -1.26. The lowest BCUT2D eigenvalue weighted by Gasteiger charge is -2.15. The lowest BCUT2D eigenvalue weighted by atomic mass is 10.0. The molecular weight excluding hydrogens is 359 g/mol. The minimum atomic E-state index is -0.412. The van der Waals surface area contributed by atoms with Crippen molar-refractivity contribution in [2.24, 2.45) is 0 Å². The highest BCUT2D eigenvalue weighted by atomic mass is 79.9. The molecule has 0 aliphatic carbocycles. The monoisotopic (exact) mass is 372 g/mol. The van der Waals surface area contributed by atoms with Crippen molar-refractivity contribution in [1.82, 2.24) is 0 Å². The van der Waals surface area contributed by atoms with Crippen LogP contribution in [0.2, 0.25) is 0 Å². The molecule has 0 fully saturated rings. The van der Waals surface area contributed by atoms with Gasteiger partial charge in [-0.25, -0.2) is 4.39 Å². The van der Waals surface area contributed by atoms with Crippen LogP contribution in [0.25, 0.3) is 0 Å². The highest BCUT2D eigenvalue weighted by molar-refractivity contribution is 9.10. The Kier molecular flexibility index (Phi) is 5.48. The van der Waals surface area contributed by atoms with Gasteiger partial charge in [0.15, 0.2) is 11.6 Å². The SMILES string of the molecule is CCOc1ccc(C(Cl)c2ccc(F)c(OC)c2)c(Br)c1. The van der Waals surface area contributed by atoms with Crippen LogP contribution in [-0.2, 0) is 0 Å². The second-order valence-electron chi connectivity index (χ2n) is 4.37. The van der Waals surface area contributed by atoms with Gasteiger partial charge >= 0.3 is 0 Å². The number of hydrogen-bond acceptors (Lipinski definition) is 2. The van der Waals surface area contributed by atoms with Gasteiger partial charge in [0.25, 0.3) is 0 Å². The normalized spacial score (nSPS) is 12.0. The zero-order valence-corrected chi connectivity index (χ0v) is 14.0. The van der Waals surface area contributed by atoms with Crippen molar-refractivity contribution < 1.29 is 13.9 Å². The van der Waals surface area contributed by atoms with Crippen molar-refractivity contribution >= 4 is 27.5 Å². The first-order valence-corrected chi connectivity index (χ1v) is 7.69. The average molecular weight is 374 g/mol. The molecule has 2 aromatic rings. The van der Waals surface area contributed by atoms with Crippen LogP contribution in [0, 0.1) is 5.82 Å². The molecule has 2 aromatic carbocycles. The summed E-state index contributed by atoms with van der Waals surface area (Å²) in [5.74, 6) is 0.546. The lowest BCUT2D eigenvalue weighted by Crippen LogP contribution is -1.98. The Morgan fingerprint density at radius 3 is 2.62 bits per heavy atom. The first-order chi connectivity index (χ1) is 10.1. The second-order valence-corrected chi connectivity index (χ2v) is 5.66. The molecule has 0 amide bonds. The van der Waals surface area contributed by atoms with E-state index >= 15 is 0 Å². The molecule has 0 spiro atoms. The third-order valence-corrected chi connectivity index (χ3v) is 4.20. The third-order valence-electron chi connectivity index (χ3n) is 3.02. The predicted octanol–water partition coefficient (Wildman–Crippen LogP) is 5.32. The van der Waals surface area contributed by atoms with E-state index in [1.165, 1.54) is 13.2 Å². The molecule has 5 heteroatoms. The van der Waals surface area contributed by atoms with Gasteiger partial charge in [-0.1, -0.05) is 28.1 Å². The van der Waals surface area contributed by atoms with E-state index in [0.29, 0.717) is 6.61 Å². The molecule has 21 heavy (non-hydrogen) atoms. The van der Waals surface area contributed by atoms with E-state index < -0.39 is 11.2 Å². The minimum absolute atomic E-state index is 0.181. The molecule has 2 nitrogen and oxygen atoms in total. The Balaban J connectivity index is 2.33. The summed E-state index contributed by atoms with van der Waals surface area (Å²) < 4.78 is 24.7. The Morgan fingerprint density at radius 1 is 1.24 bits per heavy atom. The van der Waals surface area contributed by atoms with Gasteiger partial charge in [-0.15, -0.1) is 11.6 Å². The van der Waals surface area contributed by atoms with Crippen molar-refractivity contribution in [2.75, 3.05) is 13.7 Å². The summed E-state index contributed by atoms with van der Waals surface area (Å²) >= 11 is 9.99. The largest absolute Gasteiger partial charge is 0.494 e. The van der Waals surface area contributed by atoms with Crippen LogP contribution in [0.1, 0.15) is 23.4 Å². The number of benzene rings is 2. The molecule has 0 saturated carbocycles. The quantitative estimate of drug-likeness (QED) is 0.660. The summed E-state index contributed by atoms with van der Waals surface area (Å²) in [6.07, 6.45) is 0. The highest BCUT2D eigenvalue weighted by Crippen LogP contribution is 2.37. The molecular formula is C16H15BrClFO2. The molecule has 0 saturated heterocycles. The maximum atomic E-state index is 13.5. The Bertz CT molecular complexity index is 634. The van der Waals surface area contributed by atoms with Crippen LogP contribution < -0.4 is 9.47 Å². The Morgan fingerprint density at radius 2 is 2.00 bits per heavy atom. The number of hydrogen-bond donors (Lipinski definition) is 0. The molecule has 112 valence electrons. The molecule has 1 unspecified atom stereocenters. The molecule has 2 rings (SSSR count). The van der Waals surface area contributed by atoms with E-state index in [9.17, 15) is 4.39 Å². The van der Waals surface area contributed by atoms with Gasteiger partial charge in [-0.3, -0.25) is 0 Å². The molecule has 0 radical (unpaired) electrons. The maximum Gasteiger partial charge on any atom is 0.165 e. The van der Waals surface area contributed by atoms with Gasteiger partial charge in [0.05, 0.1) is 19.1 Å². The fourth-order valence-electron chi connectivity index (χ4n) is 1.98. The Labute approximate surface area is 137 Å². The van der Waals surface area contributed by atoms with E-state index in [1.807, 2.05) is 25.1 Å². The van der Waals surface area contributed by atoms with E-state index in [1.54, 1.807) is 12.1 Å². The van der Waals surface area contributed by atoms with E-state index in [2.05, 4.69) is 15.9 Å². The van der Waals surface area contributed by atoms with Crippen LogP contribution in [0.5, 0.6) is 11.5 Å². The van der Waals surface area contributed by atoms with Crippen LogP contribution >= 0.6 is 27.5 Å². The fraction of sp³-hybridized carbons (Fsp3) is 0.250. The van der Waals surface area contributed by atoms with Crippen LogP contribution in [0.15, 0.2) is 40.9 Å².